The van der Waals surface area contributed by atoms with Gasteiger partial charge in [-0.3, -0.25) is 4.72 Å². The molecule has 0 spiro atoms. The highest BCUT2D eigenvalue weighted by Gasteiger charge is 2.25. The van der Waals surface area contributed by atoms with Gasteiger partial charge in [-0.05, 0) is 25.0 Å². The van der Waals surface area contributed by atoms with Crippen LogP contribution in [0.5, 0.6) is 0 Å². The molecule has 4 nitrogen and oxygen atoms in total. The molecule has 0 saturated heterocycles. The van der Waals surface area contributed by atoms with E-state index in [1.807, 2.05) is 0 Å². The number of halogens is 2. The first-order valence-corrected chi connectivity index (χ1v) is 7.49. The number of nitrogens with one attached hydrogen (secondary N) is 1. The van der Waals surface area contributed by atoms with Gasteiger partial charge in [0.2, 0.25) is 10.0 Å². The number of hydrogen-bond donors (Lipinski definition) is 1. The minimum atomic E-state index is -3.82. The second kappa shape index (κ2) is 5.79. The van der Waals surface area contributed by atoms with Crippen molar-refractivity contribution in [3.63, 3.8) is 0 Å². The third-order valence-corrected chi connectivity index (χ3v) is 4.90. The molecule has 1 unspecified atom stereocenters. The lowest BCUT2D eigenvalue weighted by atomic mass is 10.2. The monoisotopic (exact) mass is 306 g/mol. The highest BCUT2D eigenvalue weighted by Crippen LogP contribution is 2.34. The maximum absolute atomic E-state index is 11.9. The second-order valence-corrected chi connectivity index (χ2v) is 6.37. The SMILES string of the molecule is CCC(C#N)S(=O)(=O)Nc1c(Cl)ccc(C)c1Cl. The van der Waals surface area contributed by atoms with Crippen LogP contribution in [0.25, 0.3) is 0 Å². The lowest BCUT2D eigenvalue weighted by Gasteiger charge is -2.14. The maximum atomic E-state index is 11.9. The van der Waals surface area contributed by atoms with E-state index in [9.17, 15) is 8.42 Å². The van der Waals surface area contributed by atoms with Gasteiger partial charge in [-0.15, -0.1) is 0 Å². The van der Waals surface area contributed by atoms with Crippen LogP contribution in [0.3, 0.4) is 0 Å². The molecule has 1 rings (SSSR count). The molecule has 1 aromatic rings. The summed E-state index contributed by atoms with van der Waals surface area (Å²) in [7, 11) is -3.82. The zero-order valence-corrected chi connectivity index (χ0v) is 12.2. The van der Waals surface area contributed by atoms with Gasteiger partial charge in [-0.2, -0.15) is 5.26 Å². The summed E-state index contributed by atoms with van der Waals surface area (Å²) in [5.41, 5.74) is 0.816. The number of hydrogen-bond acceptors (Lipinski definition) is 3. The van der Waals surface area contributed by atoms with E-state index in [2.05, 4.69) is 4.72 Å². The summed E-state index contributed by atoms with van der Waals surface area (Å²) in [5, 5.41) is 8.09. The molecule has 0 heterocycles. The van der Waals surface area contributed by atoms with Crippen molar-refractivity contribution in [3.05, 3.63) is 27.7 Å². The molecular formula is C11H12Cl2N2O2S. The van der Waals surface area contributed by atoms with Crippen LogP contribution in [0, 0.1) is 18.3 Å². The molecule has 0 bridgehead atoms. The molecule has 0 saturated carbocycles. The standard InChI is InChI=1S/C11H12Cl2N2O2S/c1-3-8(6-14)18(16,17)15-11-9(12)5-4-7(2)10(11)13/h4-5,8,15H,3H2,1-2H3. The fourth-order valence-corrected chi connectivity index (χ4v) is 3.14. The van der Waals surface area contributed by atoms with Gasteiger partial charge in [0, 0.05) is 0 Å². The Morgan fingerprint density at radius 1 is 1.44 bits per heavy atom. The second-order valence-electron chi connectivity index (χ2n) is 3.73. The first-order valence-electron chi connectivity index (χ1n) is 5.19. The highest BCUT2D eigenvalue weighted by molar-refractivity contribution is 7.93. The van der Waals surface area contributed by atoms with Gasteiger partial charge in [-0.25, -0.2) is 8.42 Å². The van der Waals surface area contributed by atoms with Crippen LogP contribution in [-0.2, 0) is 10.0 Å². The quantitative estimate of drug-likeness (QED) is 0.927. The Labute approximate surface area is 117 Å². The van der Waals surface area contributed by atoms with Crippen molar-refractivity contribution in [2.24, 2.45) is 0 Å². The van der Waals surface area contributed by atoms with Gasteiger partial charge in [0.25, 0.3) is 0 Å². The molecule has 1 atom stereocenters. The number of sulfonamides is 1. The smallest absolute Gasteiger partial charge is 0.249 e. The fourth-order valence-electron chi connectivity index (χ4n) is 1.34. The third kappa shape index (κ3) is 3.08. The van der Waals surface area contributed by atoms with Gasteiger partial charge in [0.1, 0.15) is 0 Å². The Morgan fingerprint density at radius 2 is 2.06 bits per heavy atom. The van der Waals surface area contributed by atoms with Gasteiger partial charge in [0.05, 0.1) is 21.8 Å². The minimum absolute atomic E-state index is 0.118. The zero-order chi connectivity index (χ0) is 13.9. The number of nitrogens with zero attached hydrogens (tertiary/aromatic N) is 1. The third-order valence-electron chi connectivity index (χ3n) is 2.42. The van der Waals surface area contributed by atoms with E-state index in [1.54, 1.807) is 32.0 Å². The summed E-state index contributed by atoms with van der Waals surface area (Å²) in [6.07, 6.45) is 0.187. The van der Waals surface area contributed by atoms with Crippen molar-refractivity contribution in [1.82, 2.24) is 0 Å². The normalized spacial score (nSPS) is 12.8. The first kappa shape index (κ1) is 15.1. The average Bonchev–Trinajstić information content (AvgIpc) is 2.31. The van der Waals surface area contributed by atoms with Crippen LogP contribution in [0.1, 0.15) is 18.9 Å². The summed E-state index contributed by atoms with van der Waals surface area (Å²) in [5.74, 6) is 0. The van der Waals surface area contributed by atoms with Crippen LogP contribution < -0.4 is 4.72 Å². The molecule has 98 valence electrons. The Morgan fingerprint density at radius 3 is 2.56 bits per heavy atom. The highest BCUT2D eigenvalue weighted by atomic mass is 35.5. The molecule has 0 aromatic heterocycles. The Kier molecular flexibility index (Phi) is 4.85. The predicted molar refractivity (Wildman–Crippen MR) is 73.4 cm³/mol. The summed E-state index contributed by atoms with van der Waals surface area (Å²) >= 11 is 11.9. The van der Waals surface area contributed by atoms with Gasteiger partial charge < -0.3 is 0 Å². The van der Waals surface area contributed by atoms with Crippen molar-refractivity contribution >= 4 is 38.9 Å². The van der Waals surface area contributed by atoms with E-state index in [1.165, 1.54) is 0 Å². The van der Waals surface area contributed by atoms with Gasteiger partial charge >= 0.3 is 0 Å². The number of rotatable bonds is 4. The van der Waals surface area contributed by atoms with E-state index < -0.39 is 15.3 Å². The molecule has 0 amide bonds. The van der Waals surface area contributed by atoms with Gasteiger partial charge in [0.15, 0.2) is 5.25 Å². The Bertz CT molecular complexity index is 594. The number of anilines is 1. The molecule has 0 aliphatic rings. The van der Waals surface area contributed by atoms with Crippen molar-refractivity contribution in [2.75, 3.05) is 4.72 Å². The van der Waals surface area contributed by atoms with Crippen LogP contribution in [0.2, 0.25) is 10.0 Å². The molecule has 7 heteroatoms. The van der Waals surface area contributed by atoms with Crippen LogP contribution in [0.4, 0.5) is 5.69 Å². The fraction of sp³-hybridized carbons (Fsp3) is 0.364. The molecule has 0 aliphatic heterocycles. The maximum Gasteiger partial charge on any atom is 0.249 e. The lowest BCUT2D eigenvalue weighted by molar-refractivity contribution is 0.593. The lowest BCUT2D eigenvalue weighted by Crippen LogP contribution is -2.26. The molecule has 18 heavy (non-hydrogen) atoms. The minimum Gasteiger partial charge on any atom is -0.279 e. The van der Waals surface area contributed by atoms with E-state index in [0.717, 1.165) is 0 Å². The Balaban J connectivity index is 3.21. The first-order chi connectivity index (χ1) is 8.33. The molecule has 1 aromatic carbocycles. The van der Waals surface area contributed by atoms with Crippen LogP contribution >= 0.6 is 23.2 Å². The van der Waals surface area contributed by atoms with Crippen molar-refractivity contribution in [1.29, 1.82) is 5.26 Å². The molecule has 1 N–H and O–H groups in total. The Hall–Kier alpha value is -0.960. The van der Waals surface area contributed by atoms with Crippen molar-refractivity contribution in [3.8, 4) is 6.07 Å². The predicted octanol–water partition coefficient (Wildman–Crippen LogP) is 3.35. The molecular weight excluding hydrogens is 295 g/mol. The van der Waals surface area contributed by atoms with Crippen molar-refractivity contribution < 1.29 is 8.42 Å². The van der Waals surface area contributed by atoms with E-state index in [4.69, 9.17) is 28.5 Å². The van der Waals surface area contributed by atoms with Crippen molar-refractivity contribution in [2.45, 2.75) is 25.5 Å². The zero-order valence-electron chi connectivity index (χ0n) is 9.87. The van der Waals surface area contributed by atoms with E-state index >= 15 is 0 Å². The molecule has 0 radical (unpaired) electrons. The van der Waals surface area contributed by atoms with E-state index in [-0.39, 0.29) is 22.2 Å². The van der Waals surface area contributed by atoms with E-state index in [0.29, 0.717) is 5.56 Å². The summed E-state index contributed by atoms with van der Waals surface area (Å²) in [6.45, 7) is 3.35. The summed E-state index contributed by atoms with van der Waals surface area (Å²) in [6, 6.07) is 4.96. The summed E-state index contributed by atoms with van der Waals surface area (Å²) in [4.78, 5) is 0. The van der Waals surface area contributed by atoms with Crippen LogP contribution in [0.15, 0.2) is 12.1 Å². The molecule has 0 aliphatic carbocycles. The van der Waals surface area contributed by atoms with Crippen LogP contribution in [-0.4, -0.2) is 13.7 Å². The summed E-state index contributed by atoms with van der Waals surface area (Å²) < 4.78 is 26.1. The molecule has 0 fully saturated rings. The number of benzene rings is 1. The topological polar surface area (TPSA) is 70.0 Å². The average molecular weight is 307 g/mol. The largest absolute Gasteiger partial charge is 0.279 e. The number of nitriles is 1. The number of aryl methyl sites for hydroxylation is 1. The van der Waals surface area contributed by atoms with Gasteiger partial charge in [-0.1, -0.05) is 36.2 Å².